The Morgan fingerprint density at radius 3 is 2.82 bits per heavy atom. The Balaban J connectivity index is 2.36. The van der Waals surface area contributed by atoms with Gasteiger partial charge >= 0.3 is 10.1 Å². The number of hydrogen-bond donors (Lipinski definition) is 0. The zero-order chi connectivity index (χ0) is 12.5. The summed E-state index contributed by atoms with van der Waals surface area (Å²) >= 11 is 0. The molecule has 0 amide bonds. The molecule has 2 rings (SSSR count). The highest BCUT2D eigenvalue weighted by Crippen LogP contribution is 2.35. The van der Waals surface area contributed by atoms with Crippen LogP contribution in [0.3, 0.4) is 0 Å². The minimum absolute atomic E-state index is 0.140. The van der Waals surface area contributed by atoms with Crippen LogP contribution in [0.2, 0.25) is 0 Å². The SMILES string of the molecule is CS(=O)(=O)Oc1ccc(F)cc1C1CCCO1. The summed E-state index contributed by atoms with van der Waals surface area (Å²) in [5.74, 6) is -0.294. The van der Waals surface area contributed by atoms with Crippen molar-refractivity contribution in [2.24, 2.45) is 0 Å². The second kappa shape index (κ2) is 4.62. The maximum atomic E-state index is 13.2. The van der Waals surface area contributed by atoms with Crippen LogP contribution in [0.15, 0.2) is 18.2 Å². The van der Waals surface area contributed by atoms with E-state index in [0.717, 1.165) is 19.1 Å². The zero-order valence-corrected chi connectivity index (χ0v) is 10.2. The third-order valence-corrected chi connectivity index (χ3v) is 2.97. The van der Waals surface area contributed by atoms with Crippen molar-refractivity contribution in [2.45, 2.75) is 18.9 Å². The van der Waals surface area contributed by atoms with E-state index in [0.29, 0.717) is 12.2 Å². The molecule has 1 aliphatic heterocycles. The fraction of sp³-hybridized carbons (Fsp3) is 0.455. The van der Waals surface area contributed by atoms with E-state index in [4.69, 9.17) is 8.92 Å². The second-order valence-electron chi connectivity index (χ2n) is 3.97. The van der Waals surface area contributed by atoms with E-state index in [9.17, 15) is 12.8 Å². The lowest BCUT2D eigenvalue weighted by molar-refractivity contribution is 0.110. The predicted octanol–water partition coefficient (Wildman–Crippen LogP) is 2.02. The van der Waals surface area contributed by atoms with E-state index in [-0.39, 0.29) is 11.9 Å². The summed E-state index contributed by atoms with van der Waals surface area (Å²) in [7, 11) is -3.62. The first kappa shape index (κ1) is 12.3. The van der Waals surface area contributed by atoms with Gasteiger partial charge in [0.2, 0.25) is 0 Å². The Kier molecular flexibility index (Phi) is 3.35. The second-order valence-corrected chi connectivity index (χ2v) is 5.55. The molecule has 1 heterocycles. The molecule has 0 aromatic heterocycles. The third kappa shape index (κ3) is 3.17. The number of ether oxygens (including phenoxy) is 1. The van der Waals surface area contributed by atoms with Gasteiger partial charge in [-0.25, -0.2) is 4.39 Å². The number of hydrogen-bond acceptors (Lipinski definition) is 4. The standard InChI is InChI=1S/C11H13FO4S/c1-17(13,14)16-11-5-4-8(12)7-9(11)10-3-2-6-15-10/h4-5,7,10H,2-3,6H2,1H3. The number of rotatable bonds is 3. The molecule has 1 fully saturated rings. The van der Waals surface area contributed by atoms with Gasteiger partial charge in [0, 0.05) is 12.2 Å². The van der Waals surface area contributed by atoms with E-state index in [1.54, 1.807) is 0 Å². The molecule has 0 radical (unpaired) electrons. The monoisotopic (exact) mass is 260 g/mol. The molecule has 0 saturated carbocycles. The summed E-state index contributed by atoms with van der Waals surface area (Å²) in [5, 5.41) is 0. The van der Waals surface area contributed by atoms with Crippen molar-refractivity contribution in [1.29, 1.82) is 0 Å². The lowest BCUT2D eigenvalue weighted by Crippen LogP contribution is -2.09. The molecule has 0 N–H and O–H groups in total. The van der Waals surface area contributed by atoms with Crippen molar-refractivity contribution in [3.63, 3.8) is 0 Å². The Hall–Kier alpha value is -1.14. The molecule has 1 aromatic rings. The van der Waals surface area contributed by atoms with Gasteiger partial charge in [0.05, 0.1) is 12.4 Å². The molecule has 0 spiro atoms. The topological polar surface area (TPSA) is 52.6 Å². The molecule has 1 saturated heterocycles. The Labute approximate surface area is 99.5 Å². The van der Waals surface area contributed by atoms with Crippen LogP contribution in [0, 0.1) is 5.82 Å². The molecular weight excluding hydrogens is 247 g/mol. The molecular formula is C11H13FO4S. The van der Waals surface area contributed by atoms with Crippen molar-refractivity contribution in [3.8, 4) is 5.75 Å². The Bertz CT molecular complexity index is 506. The van der Waals surface area contributed by atoms with Gasteiger partial charge in [0.1, 0.15) is 11.6 Å². The highest BCUT2D eigenvalue weighted by atomic mass is 32.2. The van der Waals surface area contributed by atoms with Gasteiger partial charge in [-0.1, -0.05) is 0 Å². The third-order valence-electron chi connectivity index (χ3n) is 2.49. The van der Waals surface area contributed by atoms with E-state index in [1.165, 1.54) is 18.2 Å². The molecule has 94 valence electrons. The van der Waals surface area contributed by atoms with Crippen LogP contribution < -0.4 is 4.18 Å². The molecule has 1 atom stereocenters. The lowest BCUT2D eigenvalue weighted by atomic mass is 10.1. The predicted molar refractivity (Wildman–Crippen MR) is 59.8 cm³/mol. The molecule has 1 aromatic carbocycles. The normalized spacial score (nSPS) is 20.5. The van der Waals surface area contributed by atoms with Crippen molar-refractivity contribution in [1.82, 2.24) is 0 Å². The molecule has 17 heavy (non-hydrogen) atoms. The van der Waals surface area contributed by atoms with Crippen LogP contribution in [0.5, 0.6) is 5.75 Å². The smallest absolute Gasteiger partial charge is 0.306 e. The number of halogens is 1. The van der Waals surface area contributed by atoms with Crippen molar-refractivity contribution < 1.29 is 21.7 Å². The summed E-state index contributed by atoms with van der Waals surface area (Å²) < 4.78 is 45.6. The molecule has 6 heteroatoms. The highest BCUT2D eigenvalue weighted by molar-refractivity contribution is 7.86. The first-order chi connectivity index (χ1) is 7.96. The van der Waals surface area contributed by atoms with Crippen LogP contribution in [0.1, 0.15) is 24.5 Å². The van der Waals surface area contributed by atoms with Crippen LogP contribution in [-0.2, 0) is 14.9 Å². The van der Waals surface area contributed by atoms with Gasteiger partial charge in [0.15, 0.2) is 0 Å². The van der Waals surface area contributed by atoms with Crippen molar-refractivity contribution in [3.05, 3.63) is 29.6 Å². The zero-order valence-electron chi connectivity index (χ0n) is 9.35. The summed E-state index contributed by atoms with van der Waals surface area (Å²) in [6.07, 6.45) is 2.28. The molecule has 1 aliphatic rings. The average molecular weight is 260 g/mol. The highest BCUT2D eigenvalue weighted by Gasteiger charge is 2.23. The average Bonchev–Trinajstić information content (AvgIpc) is 2.71. The summed E-state index contributed by atoms with van der Waals surface area (Å²) in [6, 6.07) is 3.74. The minimum Gasteiger partial charge on any atom is -0.382 e. The fourth-order valence-corrected chi connectivity index (χ4v) is 2.31. The van der Waals surface area contributed by atoms with E-state index in [2.05, 4.69) is 0 Å². The lowest BCUT2D eigenvalue weighted by Gasteiger charge is -2.14. The van der Waals surface area contributed by atoms with Crippen molar-refractivity contribution >= 4 is 10.1 Å². The fourth-order valence-electron chi connectivity index (χ4n) is 1.83. The first-order valence-electron chi connectivity index (χ1n) is 5.26. The van der Waals surface area contributed by atoms with Crippen LogP contribution in [0.4, 0.5) is 4.39 Å². The van der Waals surface area contributed by atoms with Crippen molar-refractivity contribution in [2.75, 3.05) is 12.9 Å². The van der Waals surface area contributed by atoms with Gasteiger partial charge in [-0.3, -0.25) is 0 Å². The van der Waals surface area contributed by atoms with Gasteiger partial charge in [-0.15, -0.1) is 0 Å². The quantitative estimate of drug-likeness (QED) is 0.780. The molecule has 1 unspecified atom stereocenters. The molecule has 4 nitrogen and oxygen atoms in total. The van der Waals surface area contributed by atoms with Gasteiger partial charge in [0.25, 0.3) is 0 Å². The van der Waals surface area contributed by atoms with Crippen LogP contribution in [-0.4, -0.2) is 21.3 Å². The summed E-state index contributed by atoms with van der Waals surface area (Å²) in [6.45, 7) is 0.597. The van der Waals surface area contributed by atoms with E-state index >= 15 is 0 Å². The van der Waals surface area contributed by atoms with E-state index < -0.39 is 15.9 Å². The maximum absolute atomic E-state index is 13.2. The summed E-state index contributed by atoms with van der Waals surface area (Å²) in [4.78, 5) is 0. The summed E-state index contributed by atoms with van der Waals surface area (Å²) in [5.41, 5.74) is 0.452. The van der Waals surface area contributed by atoms with Crippen LogP contribution in [0.25, 0.3) is 0 Å². The molecule has 0 aliphatic carbocycles. The first-order valence-corrected chi connectivity index (χ1v) is 7.08. The molecule has 0 bridgehead atoms. The Morgan fingerprint density at radius 2 is 2.24 bits per heavy atom. The van der Waals surface area contributed by atoms with E-state index in [1.807, 2.05) is 0 Å². The maximum Gasteiger partial charge on any atom is 0.306 e. The Morgan fingerprint density at radius 1 is 1.47 bits per heavy atom. The largest absolute Gasteiger partial charge is 0.382 e. The minimum atomic E-state index is -3.62. The van der Waals surface area contributed by atoms with Gasteiger partial charge in [-0.2, -0.15) is 8.42 Å². The van der Waals surface area contributed by atoms with Gasteiger partial charge in [-0.05, 0) is 31.0 Å². The van der Waals surface area contributed by atoms with Gasteiger partial charge < -0.3 is 8.92 Å². The van der Waals surface area contributed by atoms with Crippen LogP contribution >= 0.6 is 0 Å². The number of benzene rings is 1.